The number of aromatic nitrogens is 2. The summed E-state index contributed by atoms with van der Waals surface area (Å²) >= 11 is 0. The van der Waals surface area contributed by atoms with Crippen LogP contribution in [-0.4, -0.2) is 40.2 Å². The number of nitrogens with zero attached hydrogens (tertiary/aromatic N) is 3. The second kappa shape index (κ2) is 5.79. The first-order valence-corrected chi connectivity index (χ1v) is 8.07. The van der Waals surface area contributed by atoms with Crippen molar-refractivity contribution < 1.29 is 4.79 Å². The number of amides is 1. The summed E-state index contributed by atoms with van der Waals surface area (Å²) in [6.45, 7) is 6.59. The van der Waals surface area contributed by atoms with Gasteiger partial charge in [0.15, 0.2) is 0 Å². The number of hydrogen-bond acceptors (Lipinski definition) is 3. The van der Waals surface area contributed by atoms with E-state index in [1.165, 1.54) is 24.1 Å². The Morgan fingerprint density at radius 3 is 2.71 bits per heavy atom. The monoisotopic (exact) mass is 290 g/mol. The molecule has 1 aliphatic carbocycles. The highest BCUT2D eigenvalue weighted by Gasteiger charge is 2.31. The highest BCUT2D eigenvalue weighted by atomic mass is 16.2. The summed E-state index contributed by atoms with van der Waals surface area (Å²) in [5, 5.41) is 7.60. The Hall–Kier alpha value is -1.36. The molecule has 1 atom stereocenters. The van der Waals surface area contributed by atoms with Gasteiger partial charge in [0.05, 0.1) is 12.2 Å². The molecule has 1 N–H and O–H groups in total. The van der Waals surface area contributed by atoms with Crippen LogP contribution < -0.4 is 5.32 Å². The molecule has 2 aliphatic rings. The normalized spacial score (nSPS) is 22.7. The Balaban J connectivity index is 1.65. The van der Waals surface area contributed by atoms with Crippen LogP contribution in [0.4, 0.5) is 0 Å². The first-order valence-electron chi connectivity index (χ1n) is 8.07. The van der Waals surface area contributed by atoms with Gasteiger partial charge in [0.2, 0.25) is 5.91 Å². The minimum Gasteiger partial charge on any atom is -0.355 e. The smallest absolute Gasteiger partial charge is 0.234 e. The Bertz CT molecular complexity index is 533. The molecule has 1 aromatic heterocycles. The van der Waals surface area contributed by atoms with E-state index in [0.29, 0.717) is 12.6 Å². The summed E-state index contributed by atoms with van der Waals surface area (Å²) in [6, 6.07) is 0.352. The highest BCUT2D eigenvalue weighted by Crippen LogP contribution is 2.35. The zero-order valence-electron chi connectivity index (χ0n) is 13.4. The third-order valence-electron chi connectivity index (χ3n) is 4.89. The van der Waals surface area contributed by atoms with Crippen LogP contribution in [0.1, 0.15) is 48.7 Å². The van der Waals surface area contributed by atoms with Crippen molar-refractivity contribution in [2.45, 2.75) is 45.6 Å². The van der Waals surface area contributed by atoms with Crippen molar-refractivity contribution in [2.75, 3.05) is 19.6 Å². The van der Waals surface area contributed by atoms with E-state index in [4.69, 9.17) is 0 Å². The van der Waals surface area contributed by atoms with Crippen LogP contribution in [0.15, 0.2) is 0 Å². The Morgan fingerprint density at radius 2 is 2.10 bits per heavy atom. The highest BCUT2D eigenvalue weighted by molar-refractivity contribution is 5.78. The lowest BCUT2D eigenvalue weighted by atomic mass is 10.0. The summed E-state index contributed by atoms with van der Waals surface area (Å²) in [5.74, 6) is 0.916. The van der Waals surface area contributed by atoms with E-state index in [2.05, 4.69) is 29.2 Å². The number of rotatable bonds is 5. The van der Waals surface area contributed by atoms with E-state index < -0.39 is 0 Å². The lowest BCUT2D eigenvalue weighted by Crippen LogP contribution is -2.37. The van der Waals surface area contributed by atoms with Crippen molar-refractivity contribution in [3.05, 3.63) is 17.0 Å². The average molecular weight is 290 g/mol. The molecule has 1 amide bonds. The molecule has 1 saturated heterocycles. The molecule has 0 spiro atoms. The number of nitrogens with one attached hydrogen (secondary N) is 1. The quantitative estimate of drug-likeness (QED) is 0.898. The zero-order chi connectivity index (χ0) is 15.0. The molecule has 2 fully saturated rings. The number of carbonyl (C=O) groups is 1. The average Bonchev–Trinajstić information content (AvgIpc) is 3.11. The van der Waals surface area contributed by atoms with Gasteiger partial charge >= 0.3 is 0 Å². The van der Waals surface area contributed by atoms with Crippen LogP contribution in [0.5, 0.6) is 0 Å². The molecule has 1 aliphatic heterocycles. The second-order valence-electron chi connectivity index (χ2n) is 6.58. The van der Waals surface area contributed by atoms with Gasteiger partial charge in [-0.15, -0.1) is 0 Å². The van der Waals surface area contributed by atoms with Crippen molar-refractivity contribution >= 4 is 5.91 Å². The van der Waals surface area contributed by atoms with Gasteiger partial charge in [0.1, 0.15) is 0 Å². The summed E-state index contributed by atoms with van der Waals surface area (Å²) in [6.07, 6.45) is 4.85. The molecule has 0 unspecified atom stereocenters. The van der Waals surface area contributed by atoms with E-state index in [1.807, 2.05) is 11.7 Å². The topological polar surface area (TPSA) is 50.2 Å². The van der Waals surface area contributed by atoms with E-state index in [9.17, 15) is 4.79 Å². The van der Waals surface area contributed by atoms with Crippen LogP contribution in [0.3, 0.4) is 0 Å². The number of likely N-dealkylation sites (tertiary alicyclic amines) is 1. The molecule has 1 aromatic rings. The maximum absolute atomic E-state index is 12.1. The predicted molar refractivity (Wildman–Crippen MR) is 82.0 cm³/mol. The molecule has 0 bridgehead atoms. The fraction of sp³-hybridized carbons (Fsp3) is 0.750. The van der Waals surface area contributed by atoms with Gasteiger partial charge in [0.25, 0.3) is 0 Å². The molecule has 116 valence electrons. The van der Waals surface area contributed by atoms with E-state index in [1.54, 1.807) is 0 Å². The Kier molecular flexibility index (Phi) is 4.02. The van der Waals surface area contributed by atoms with Gasteiger partial charge in [0, 0.05) is 30.9 Å². The van der Waals surface area contributed by atoms with Gasteiger partial charge in [-0.05, 0) is 52.0 Å². The molecule has 2 heterocycles. The molecule has 5 heteroatoms. The first kappa shape index (κ1) is 14.6. The molecule has 5 nitrogen and oxygen atoms in total. The van der Waals surface area contributed by atoms with Gasteiger partial charge in [-0.1, -0.05) is 0 Å². The van der Waals surface area contributed by atoms with Gasteiger partial charge in [-0.3, -0.25) is 14.4 Å². The molecule has 0 radical (unpaired) electrons. The fourth-order valence-electron chi connectivity index (χ4n) is 3.44. The van der Waals surface area contributed by atoms with Crippen LogP contribution in [0.2, 0.25) is 0 Å². The second-order valence-corrected chi connectivity index (χ2v) is 6.58. The van der Waals surface area contributed by atoms with Crippen molar-refractivity contribution in [2.24, 2.45) is 13.0 Å². The lowest BCUT2D eigenvalue weighted by Gasteiger charge is -2.24. The standard InChI is InChI=1S/C16H26N4O/c1-11-16(12(2)19(3)18-11)14-5-4-8-20(14)10-15(21)17-9-13-6-7-13/h13-14H,4-10H2,1-3H3,(H,17,21)/t14-/m0/s1. The molecule has 1 saturated carbocycles. The van der Waals surface area contributed by atoms with Gasteiger partial charge in [-0.25, -0.2) is 0 Å². The van der Waals surface area contributed by atoms with Gasteiger partial charge in [-0.2, -0.15) is 5.10 Å². The lowest BCUT2D eigenvalue weighted by molar-refractivity contribution is -0.122. The van der Waals surface area contributed by atoms with Crippen LogP contribution in [0.25, 0.3) is 0 Å². The summed E-state index contributed by atoms with van der Waals surface area (Å²) in [7, 11) is 1.99. The number of hydrogen-bond donors (Lipinski definition) is 1. The summed E-state index contributed by atoms with van der Waals surface area (Å²) in [5.41, 5.74) is 3.65. The summed E-state index contributed by atoms with van der Waals surface area (Å²) < 4.78 is 1.95. The van der Waals surface area contributed by atoms with Crippen LogP contribution in [-0.2, 0) is 11.8 Å². The Morgan fingerprint density at radius 1 is 1.33 bits per heavy atom. The zero-order valence-corrected chi connectivity index (χ0v) is 13.4. The number of carbonyl (C=O) groups excluding carboxylic acids is 1. The van der Waals surface area contributed by atoms with Crippen molar-refractivity contribution in [3.63, 3.8) is 0 Å². The molecule has 21 heavy (non-hydrogen) atoms. The van der Waals surface area contributed by atoms with Crippen LogP contribution in [0, 0.1) is 19.8 Å². The van der Waals surface area contributed by atoms with E-state index >= 15 is 0 Å². The third-order valence-corrected chi connectivity index (χ3v) is 4.89. The largest absolute Gasteiger partial charge is 0.355 e. The molecular formula is C16H26N4O. The minimum atomic E-state index is 0.174. The molecule has 3 rings (SSSR count). The number of aryl methyl sites for hydroxylation is 2. The van der Waals surface area contributed by atoms with E-state index in [0.717, 1.165) is 37.5 Å². The fourth-order valence-corrected chi connectivity index (χ4v) is 3.44. The van der Waals surface area contributed by atoms with Gasteiger partial charge < -0.3 is 5.32 Å². The SMILES string of the molecule is Cc1nn(C)c(C)c1[C@@H]1CCCN1CC(=O)NCC1CC1. The van der Waals surface area contributed by atoms with Crippen molar-refractivity contribution in [1.29, 1.82) is 0 Å². The maximum Gasteiger partial charge on any atom is 0.234 e. The first-order chi connectivity index (χ1) is 10.1. The van der Waals surface area contributed by atoms with Crippen molar-refractivity contribution in [1.82, 2.24) is 20.0 Å². The Labute approximate surface area is 126 Å². The van der Waals surface area contributed by atoms with Crippen molar-refractivity contribution in [3.8, 4) is 0 Å². The summed E-state index contributed by atoms with van der Waals surface area (Å²) in [4.78, 5) is 14.4. The minimum absolute atomic E-state index is 0.174. The molecule has 0 aromatic carbocycles. The van der Waals surface area contributed by atoms with Crippen LogP contribution >= 0.6 is 0 Å². The predicted octanol–water partition coefficient (Wildman–Crippen LogP) is 1.70. The van der Waals surface area contributed by atoms with E-state index in [-0.39, 0.29) is 5.91 Å². The maximum atomic E-state index is 12.1. The third kappa shape index (κ3) is 3.12. The molecular weight excluding hydrogens is 264 g/mol.